The molecular formula is C17H9ClINO4. The summed E-state index contributed by atoms with van der Waals surface area (Å²) < 4.78 is 16.9. The largest absolute Gasteiger partial charge is 0.454 e. The summed E-state index contributed by atoms with van der Waals surface area (Å²) in [6.45, 7) is 0.155. The number of hydrogen-bond donors (Lipinski definition) is 0. The van der Waals surface area contributed by atoms with Gasteiger partial charge in [0.05, 0.1) is 5.02 Å². The zero-order chi connectivity index (χ0) is 16.7. The van der Waals surface area contributed by atoms with E-state index in [2.05, 4.69) is 27.6 Å². The van der Waals surface area contributed by atoms with Gasteiger partial charge in [-0.3, -0.25) is 0 Å². The van der Waals surface area contributed by atoms with Gasteiger partial charge in [-0.2, -0.15) is 0 Å². The van der Waals surface area contributed by atoms with Crippen molar-refractivity contribution in [2.75, 3.05) is 6.79 Å². The van der Waals surface area contributed by atoms with E-state index in [1.807, 2.05) is 24.3 Å². The molecule has 0 fully saturated rings. The monoisotopic (exact) mass is 453 g/mol. The van der Waals surface area contributed by atoms with Crippen LogP contribution in [0.15, 0.2) is 47.1 Å². The van der Waals surface area contributed by atoms with E-state index in [1.165, 1.54) is 0 Å². The van der Waals surface area contributed by atoms with Gasteiger partial charge in [-0.15, -0.1) is 0 Å². The van der Waals surface area contributed by atoms with E-state index in [0.29, 0.717) is 22.1 Å². The number of cyclic esters (lactones) is 1. The number of carbonyl (C=O) groups is 1. The van der Waals surface area contributed by atoms with Crippen molar-refractivity contribution in [3.63, 3.8) is 0 Å². The first-order chi connectivity index (χ1) is 11.6. The highest BCUT2D eigenvalue weighted by atomic mass is 127. The van der Waals surface area contributed by atoms with Gasteiger partial charge in [0.15, 0.2) is 17.2 Å². The molecule has 0 saturated heterocycles. The lowest BCUT2D eigenvalue weighted by molar-refractivity contribution is -0.129. The predicted octanol–water partition coefficient (Wildman–Crippen LogP) is 4.02. The van der Waals surface area contributed by atoms with Crippen molar-refractivity contribution < 1.29 is 19.0 Å². The summed E-state index contributed by atoms with van der Waals surface area (Å²) in [7, 11) is 0. The Balaban J connectivity index is 1.71. The van der Waals surface area contributed by atoms with E-state index < -0.39 is 5.97 Å². The molecule has 0 spiro atoms. The SMILES string of the molecule is O=C1OC(c2cccc(I)c2)=N/C1=C\c1cc2c(cc1Cl)OCO2. The van der Waals surface area contributed by atoms with Crippen molar-refractivity contribution in [1.29, 1.82) is 0 Å². The fraction of sp³-hybridized carbons (Fsp3) is 0.0588. The zero-order valence-corrected chi connectivity index (χ0v) is 15.0. The normalized spacial score (nSPS) is 17.2. The van der Waals surface area contributed by atoms with Gasteiger partial charge in [-0.1, -0.05) is 17.7 Å². The highest BCUT2D eigenvalue weighted by molar-refractivity contribution is 14.1. The number of ether oxygens (including phenoxy) is 3. The van der Waals surface area contributed by atoms with Crippen LogP contribution in [0.4, 0.5) is 0 Å². The van der Waals surface area contributed by atoms with Crippen molar-refractivity contribution >= 4 is 52.1 Å². The van der Waals surface area contributed by atoms with Crippen LogP contribution in [0.3, 0.4) is 0 Å². The number of hydrogen-bond acceptors (Lipinski definition) is 5. The number of carbonyl (C=O) groups excluding carboxylic acids is 1. The van der Waals surface area contributed by atoms with Crippen LogP contribution in [0.25, 0.3) is 6.08 Å². The Bertz CT molecular complexity index is 923. The number of aliphatic imine (C=N–C) groups is 1. The van der Waals surface area contributed by atoms with Crippen molar-refractivity contribution in [1.82, 2.24) is 0 Å². The van der Waals surface area contributed by atoms with Crippen LogP contribution in [0, 0.1) is 3.57 Å². The molecular weight excluding hydrogens is 445 g/mol. The van der Waals surface area contributed by atoms with Gasteiger partial charge < -0.3 is 14.2 Å². The Labute approximate surface area is 156 Å². The van der Waals surface area contributed by atoms with Crippen LogP contribution < -0.4 is 9.47 Å². The summed E-state index contributed by atoms with van der Waals surface area (Å²) in [6.07, 6.45) is 1.58. The Kier molecular flexibility index (Phi) is 3.93. The predicted molar refractivity (Wildman–Crippen MR) is 97.3 cm³/mol. The van der Waals surface area contributed by atoms with Crippen molar-refractivity contribution in [2.45, 2.75) is 0 Å². The maximum Gasteiger partial charge on any atom is 0.363 e. The van der Waals surface area contributed by atoms with E-state index >= 15 is 0 Å². The summed E-state index contributed by atoms with van der Waals surface area (Å²) >= 11 is 8.42. The number of halogens is 2. The molecule has 0 N–H and O–H groups in total. The molecule has 0 bridgehead atoms. The summed E-state index contributed by atoms with van der Waals surface area (Å²) in [5.74, 6) is 0.929. The summed E-state index contributed by atoms with van der Waals surface area (Å²) in [4.78, 5) is 16.4. The van der Waals surface area contributed by atoms with Crippen LogP contribution >= 0.6 is 34.2 Å². The van der Waals surface area contributed by atoms with Gasteiger partial charge in [0.25, 0.3) is 0 Å². The zero-order valence-electron chi connectivity index (χ0n) is 12.1. The molecule has 2 aromatic rings. The van der Waals surface area contributed by atoms with E-state index in [1.54, 1.807) is 18.2 Å². The molecule has 120 valence electrons. The second kappa shape index (κ2) is 6.10. The topological polar surface area (TPSA) is 57.1 Å². The Hall–Kier alpha value is -2.06. The Morgan fingerprint density at radius 3 is 2.75 bits per heavy atom. The van der Waals surface area contributed by atoms with Crippen molar-refractivity contribution in [3.05, 3.63) is 61.8 Å². The second-order valence-corrected chi connectivity index (χ2v) is 6.73. The minimum atomic E-state index is -0.516. The number of rotatable bonds is 2. The average Bonchev–Trinajstić information content (AvgIpc) is 3.14. The molecule has 0 saturated carbocycles. The van der Waals surface area contributed by atoms with Crippen LogP contribution in [-0.4, -0.2) is 18.7 Å². The van der Waals surface area contributed by atoms with Crippen molar-refractivity contribution in [3.8, 4) is 11.5 Å². The van der Waals surface area contributed by atoms with E-state index in [-0.39, 0.29) is 18.4 Å². The van der Waals surface area contributed by atoms with E-state index in [9.17, 15) is 4.79 Å². The maximum atomic E-state index is 12.1. The molecule has 0 unspecified atom stereocenters. The quantitative estimate of drug-likeness (QED) is 0.392. The first-order valence-electron chi connectivity index (χ1n) is 6.98. The molecule has 2 aliphatic heterocycles. The van der Waals surface area contributed by atoms with Crippen LogP contribution in [0.2, 0.25) is 5.02 Å². The molecule has 0 amide bonds. The molecule has 5 nitrogen and oxygen atoms in total. The molecule has 0 aliphatic carbocycles. The molecule has 24 heavy (non-hydrogen) atoms. The van der Waals surface area contributed by atoms with Crippen LogP contribution in [0.5, 0.6) is 11.5 Å². The molecule has 2 aromatic carbocycles. The first-order valence-corrected chi connectivity index (χ1v) is 8.43. The minimum absolute atomic E-state index is 0.155. The highest BCUT2D eigenvalue weighted by Crippen LogP contribution is 2.38. The lowest BCUT2D eigenvalue weighted by atomic mass is 10.1. The molecule has 0 radical (unpaired) electrons. The summed E-state index contributed by atoms with van der Waals surface area (Å²) in [5.41, 5.74) is 1.54. The van der Waals surface area contributed by atoms with Gasteiger partial charge in [0.2, 0.25) is 12.7 Å². The van der Waals surface area contributed by atoms with Crippen molar-refractivity contribution in [2.24, 2.45) is 4.99 Å². The van der Waals surface area contributed by atoms with Gasteiger partial charge in [0, 0.05) is 15.2 Å². The standard InChI is InChI=1S/C17H9ClINO4/c18-12-7-15-14(22-8-23-15)6-10(12)5-13-17(21)24-16(20-13)9-2-1-3-11(19)4-9/h1-7H,8H2/b13-5-. The van der Waals surface area contributed by atoms with Crippen LogP contribution in [-0.2, 0) is 9.53 Å². The Morgan fingerprint density at radius 2 is 1.96 bits per heavy atom. The number of nitrogens with zero attached hydrogens (tertiary/aromatic N) is 1. The first kappa shape index (κ1) is 15.5. The smallest absolute Gasteiger partial charge is 0.363 e. The third-order valence-corrected chi connectivity index (χ3v) is 4.47. The minimum Gasteiger partial charge on any atom is -0.454 e. The Morgan fingerprint density at radius 1 is 1.17 bits per heavy atom. The number of fused-ring (bicyclic) bond motifs is 1. The number of benzene rings is 2. The second-order valence-electron chi connectivity index (χ2n) is 5.07. The average molecular weight is 454 g/mol. The highest BCUT2D eigenvalue weighted by Gasteiger charge is 2.25. The molecule has 0 aromatic heterocycles. The van der Waals surface area contributed by atoms with E-state index in [0.717, 1.165) is 9.13 Å². The van der Waals surface area contributed by atoms with Gasteiger partial charge in [-0.25, -0.2) is 9.79 Å². The summed E-state index contributed by atoms with van der Waals surface area (Å²) in [6, 6.07) is 10.9. The fourth-order valence-electron chi connectivity index (χ4n) is 2.34. The molecule has 2 heterocycles. The lowest BCUT2D eigenvalue weighted by Crippen LogP contribution is -2.05. The van der Waals surface area contributed by atoms with Crippen LogP contribution in [0.1, 0.15) is 11.1 Å². The lowest BCUT2D eigenvalue weighted by Gasteiger charge is -2.01. The third kappa shape index (κ3) is 2.87. The molecule has 7 heteroatoms. The molecule has 2 aliphatic rings. The third-order valence-electron chi connectivity index (χ3n) is 3.48. The van der Waals surface area contributed by atoms with E-state index in [4.69, 9.17) is 25.8 Å². The number of esters is 1. The van der Waals surface area contributed by atoms with Gasteiger partial charge in [-0.05, 0) is 58.5 Å². The van der Waals surface area contributed by atoms with Gasteiger partial charge in [0.1, 0.15) is 0 Å². The fourth-order valence-corrected chi connectivity index (χ4v) is 3.10. The van der Waals surface area contributed by atoms with Gasteiger partial charge >= 0.3 is 5.97 Å². The summed E-state index contributed by atoms with van der Waals surface area (Å²) in [5, 5.41) is 0.442. The maximum absolute atomic E-state index is 12.1. The molecule has 0 atom stereocenters. The molecule has 4 rings (SSSR count).